The smallest absolute Gasteiger partial charge is 0.489 e. The van der Waals surface area contributed by atoms with E-state index < -0.39 is 21.6 Å². The zero-order valence-corrected chi connectivity index (χ0v) is 22.2. The van der Waals surface area contributed by atoms with Crippen molar-refractivity contribution in [1.82, 2.24) is 9.72 Å². The molecule has 0 amide bonds. The monoisotopic (exact) mass is 504 g/mol. The van der Waals surface area contributed by atoms with E-state index >= 15 is 0 Å². The molecule has 35 heavy (non-hydrogen) atoms. The van der Waals surface area contributed by atoms with Gasteiger partial charge in [0, 0.05) is 6.54 Å². The van der Waals surface area contributed by atoms with E-state index in [1.54, 1.807) is 36.4 Å². The van der Waals surface area contributed by atoms with Crippen LogP contribution in [-0.4, -0.2) is 19.4 Å². The van der Waals surface area contributed by atoms with E-state index in [1.807, 2.05) is 37.3 Å². The number of ether oxygens (including phenoxy) is 1. The van der Waals surface area contributed by atoms with Crippen molar-refractivity contribution in [3.63, 3.8) is 0 Å². The molecule has 0 N–H and O–H groups in total. The second-order valence-electron chi connectivity index (χ2n) is 7.69. The summed E-state index contributed by atoms with van der Waals surface area (Å²) in [6.45, 7) is 2.33. The predicted molar refractivity (Wildman–Crippen MR) is 125 cm³/mol. The first kappa shape index (κ1) is 26.6. The summed E-state index contributed by atoms with van der Waals surface area (Å²) in [5, 5.41) is 0. The van der Waals surface area contributed by atoms with Crippen LogP contribution in [0.15, 0.2) is 80.8 Å². The Kier molecular flexibility index (Phi) is 8.44. The fourth-order valence-corrected chi connectivity index (χ4v) is 3.88. The van der Waals surface area contributed by atoms with Crippen LogP contribution in [0.25, 0.3) is 11.1 Å². The molecule has 1 heterocycles. The third-order valence-corrected chi connectivity index (χ3v) is 5.42. The van der Waals surface area contributed by atoms with Gasteiger partial charge in [-0.3, -0.25) is 9.53 Å². The van der Waals surface area contributed by atoms with E-state index in [2.05, 4.69) is 4.98 Å². The molecule has 0 atom stereocenters. The number of nitrogens with zero attached hydrogens (tertiary/aromatic N) is 2. The van der Waals surface area contributed by atoms with E-state index in [-0.39, 0.29) is 41.9 Å². The molecule has 9 nitrogen and oxygen atoms in total. The van der Waals surface area contributed by atoms with E-state index in [9.17, 15) is 18.0 Å². The Morgan fingerprint density at radius 1 is 0.943 bits per heavy atom. The Hall–Kier alpha value is -3.05. The Labute approximate surface area is 223 Å². The molecule has 3 aromatic carbocycles. The molecule has 11 heteroatoms. The number of rotatable bonds is 8. The number of hydrogen-bond acceptors (Lipinski definition) is 7. The van der Waals surface area contributed by atoms with E-state index in [1.165, 1.54) is 0 Å². The predicted octanol–water partition coefficient (Wildman–Crippen LogP) is -0.296. The molecular weight excluding hydrogens is 483 g/mol. The maximum atomic E-state index is 11.5. The minimum atomic E-state index is -3.58. The summed E-state index contributed by atoms with van der Waals surface area (Å²) in [6.07, 6.45) is 1.01. The number of aryl methyl sites for hydroxylation is 1. The molecule has 0 saturated carbocycles. The first-order valence-corrected chi connectivity index (χ1v) is 12.0. The van der Waals surface area contributed by atoms with Crippen LogP contribution in [-0.2, 0) is 23.3 Å². The first-order chi connectivity index (χ1) is 16.2. The van der Waals surface area contributed by atoms with Crippen molar-refractivity contribution in [2.75, 3.05) is 6.26 Å². The van der Waals surface area contributed by atoms with Crippen molar-refractivity contribution in [1.29, 1.82) is 0 Å². The fourth-order valence-electron chi connectivity index (χ4n) is 3.43. The molecule has 4 rings (SSSR count). The van der Waals surface area contributed by atoms with Crippen LogP contribution in [0.2, 0.25) is 0 Å². The summed E-state index contributed by atoms with van der Waals surface area (Å²) >= 11 is 0. The Bertz CT molecular complexity index is 1540. The SMILES string of the molecule is Cc1cc(OS(C)(=O)=O)ccc1-c1cccc(COc2ccc(Cn3oc(=O)[n-]c3=O)cc2)c1.[Na+]. The quantitative estimate of drug-likeness (QED) is 0.237. The molecule has 0 aliphatic rings. The van der Waals surface area contributed by atoms with Crippen molar-refractivity contribution < 1.29 is 51.4 Å². The molecule has 0 fully saturated rings. The second kappa shape index (κ2) is 11.1. The van der Waals surface area contributed by atoms with Crippen molar-refractivity contribution >= 4 is 10.1 Å². The Morgan fingerprint density at radius 2 is 1.66 bits per heavy atom. The summed E-state index contributed by atoms with van der Waals surface area (Å²) in [7, 11) is -3.58. The molecule has 0 aliphatic carbocycles. The maximum Gasteiger partial charge on any atom is 1.00 e. The van der Waals surface area contributed by atoms with Gasteiger partial charge in [-0.2, -0.15) is 8.42 Å². The molecular formula is C24H21N2NaO7S. The van der Waals surface area contributed by atoms with Crippen LogP contribution >= 0.6 is 0 Å². The van der Waals surface area contributed by atoms with Crippen LogP contribution < -0.4 is 54.9 Å². The number of aromatic nitrogens is 2. The first-order valence-electron chi connectivity index (χ1n) is 10.2. The van der Waals surface area contributed by atoms with Gasteiger partial charge in [0.05, 0.1) is 6.26 Å². The van der Waals surface area contributed by atoms with E-state index in [4.69, 9.17) is 13.4 Å². The van der Waals surface area contributed by atoms with Gasteiger partial charge in [-0.25, -0.2) is 4.79 Å². The minimum Gasteiger partial charge on any atom is -0.489 e. The zero-order chi connectivity index (χ0) is 24.3. The van der Waals surface area contributed by atoms with Crippen LogP contribution in [0.5, 0.6) is 11.5 Å². The molecule has 176 valence electrons. The van der Waals surface area contributed by atoms with Gasteiger partial charge >= 0.3 is 45.4 Å². The van der Waals surface area contributed by atoms with Crippen LogP contribution in [0.4, 0.5) is 0 Å². The van der Waals surface area contributed by atoms with Gasteiger partial charge in [0.15, 0.2) is 5.69 Å². The van der Waals surface area contributed by atoms with Gasteiger partial charge in [0.2, 0.25) is 0 Å². The Morgan fingerprint density at radius 3 is 2.29 bits per heavy atom. The van der Waals surface area contributed by atoms with Crippen molar-refractivity contribution in [2.24, 2.45) is 0 Å². The third kappa shape index (κ3) is 7.22. The standard InChI is InChI=1S/C24H22N2O7S.Na/c1-16-12-21(33-34(2,29)30)10-11-22(16)19-5-3-4-18(13-19)15-31-20-8-6-17(7-9-20)14-26-23(27)25-24(28)32-26;/h3-13H,14-15H2,1-2H3,(H,25,27,28);/q;+1/p-1. The fraction of sp³-hybridized carbons (Fsp3) is 0.167. The van der Waals surface area contributed by atoms with Gasteiger partial charge in [-0.05, 0) is 65.1 Å². The molecule has 1 aromatic heterocycles. The van der Waals surface area contributed by atoms with E-state index in [0.29, 0.717) is 12.4 Å². The van der Waals surface area contributed by atoms with Gasteiger partial charge in [-0.15, -0.1) is 0 Å². The second-order valence-corrected chi connectivity index (χ2v) is 9.26. The van der Waals surface area contributed by atoms with Crippen LogP contribution in [0, 0.1) is 6.92 Å². The Balaban J connectivity index is 0.00000342. The summed E-state index contributed by atoms with van der Waals surface area (Å²) in [4.78, 5) is 25.7. The van der Waals surface area contributed by atoms with Gasteiger partial charge in [0.25, 0.3) is 0 Å². The molecule has 0 spiro atoms. The average Bonchev–Trinajstić information content (AvgIpc) is 3.09. The number of benzene rings is 3. The van der Waals surface area contributed by atoms with Crippen molar-refractivity contribution in [3.05, 3.63) is 104 Å². The van der Waals surface area contributed by atoms with Gasteiger partial charge in [-0.1, -0.05) is 36.4 Å². The van der Waals surface area contributed by atoms with Crippen LogP contribution in [0.1, 0.15) is 16.7 Å². The summed E-state index contributed by atoms with van der Waals surface area (Å²) in [5.41, 5.74) is 3.79. The number of hydrogen-bond donors (Lipinski definition) is 0. The average molecular weight is 504 g/mol. The summed E-state index contributed by atoms with van der Waals surface area (Å²) in [6, 6.07) is 20.1. The van der Waals surface area contributed by atoms with E-state index in [0.717, 1.165) is 38.8 Å². The normalized spacial score (nSPS) is 11.0. The largest absolute Gasteiger partial charge is 1.00 e. The third-order valence-electron chi connectivity index (χ3n) is 4.93. The van der Waals surface area contributed by atoms with Gasteiger partial charge < -0.3 is 18.4 Å². The maximum absolute atomic E-state index is 11.5. The van der Waals surface area contributed by atoms with Crippen molar-refractivity contribution in [2.45, 2.75) is 20.1 Å². The van der Waals surface area contributed by atoms with Crippen LogP contribution in [0.3, 0.4) is 0 Å². The van der Waals surface area contributed by atoms with Crippen molar-refractivity contribution in [3.8, 4) is 22.6 Å². The molecule has 0 aliphatic heterocycles. The molecule has 0 bridgehead atoms. The minimum absolute atomic E-state index is 0. The molecule has 4 aromatic rings. The summed E-state index contributed by atoms with van der Waals surface area (Å²) in [5.74, 6) is -0.00376. The molecule has 0 unspecified atom stereocenters. The zero-order valence-electron chi connectivity index (χ0n) is 19.4. The van der Waals surface area contributed by atoms with Gasteiger partial charge in [0.1, 0.15) is 18.1 Å². The topological polar surface area (TPSA) is 119 Å². The molecule has 0 radical (unpaired) electrons. The molecule has 0 saturated heterocycles. The summed E-state index contributed by atoms with van der Waals surface area (Å²) < 4.78 is 39.1.